The monoisotopic (exact) mass is 370 g/mol. The van der Waals surface area contributed by atoms with Gasteiger partial charge in [-0.1, -0.05) is 66.7 Å². The van der Waals surface area contributed by atoms with Gasteiger partial charge in [-0.05, 0) is 48.6 Å². The predicted molar refractivity (Wildman–Crippen MR) is 116 cm³/mol. The number of anilines is 2. The molecule has 1 fully saturated rings. The molecule has 0 bridgehead atoms. The van der Waals surface area contributed by atoms with Crippen LogP contribution in [0.2, 0.25) is 0 Å². The Labute approximate surface area is 167 Å². The van der Waals surface area contributed by atoms with E-state index in [0.29, 0.717) is 5.92 Å². The van der Waals surface area contributed by atoms with Gasteiger partial charge in [0.25, 0.3) is 0 Å². The molecule has 0 saturated carbocycles. The van der Waals surface area contributed by atoms with Crippen LogP contribution in [-0.2, 0) is 4.79 Å². The Hall–Kier alpha value is -3.07. The Morgan fingerprint density at radius 1 is 0.786 bits per heavy atom. The van der Waals surface area contributed by atoms with Crippen molar-refractivity contribution in [2.75, 3.05) is 22.9 Å². The van der Waals surface area contributed by atoms with Crippen LogP contribution in [0, 0.1) is 5.92 Å². The predicted octanol–water partition coefficient (Wildman–Crippen LogP) is 5.31. The zero-order chi connectivity index (χ0) is 19.2. The van der Waals surface area contributed by atoms with Gasteiger partial charge >= 0.3 is 0 Å². The molecule has 3 heteroatoms. The molecule has 1 amide bonds. The number of rotatable bonds is 6. The molecule has 0 radical (unpaired) electrons. The minimum absolute atomic E-state index is 0.0547. The van der Waals surface area contributed by atoms with Crippen molar-refractivity contribution in [3.05, 3.63) is 96.6 Å². The van der Waals surface area contributed by atoms with Crippen LogP contribution in [0.25, 0.3) is 0 Å². The van der Waals surface area contributed by atoms with Crippen LogP contribution in [0.15, 0.2) is 91.0 Å². The largest absolute Gasteiger partial charge is 0.372 e. The average molecular weight is 370 g/mol. The second kappa shape index (κ2) is 8.75. The molecule has 0 aromatic heterocycles. The first-order valence-electron chi connectivity index (χ1n) is 10.0. The van der Waals surface area contributed by atoms with Gasteiger partial charge < -0.3 is 9.80 Å². The van der Waals surface area contributed by atoms with Crippen molar-refractivity contribution in [2.45, 2.75) is 18.9 Å². The van der Waals surface area contributed by atoms with Gasteiger partial charge in [-0.25, -0.2) is 0 Å². The van der Waals surface area contributed by atoms with Gasteiger partial charge in [0.05, 0.1) is 6.04 Å². The highest BCUT2D eigenvalue weighted by Gasteiger charge is 2.32. The maximum atomic E-state index is 12.2. The quantitative estimate of drug-likeness (QED) is 0.549. The second-order valence-electron chi connectivity index (χ2n) is 7.36. The zero-order valence-electron chi connectivity index (χ0n) is 16.0. The molecule has 4 rings (SSSR count). The topological polar surface area (TPSA) is 23.6 Å². The van der Waals surface area contributed by atoms with Crippen LogP contribution >= 0.6 is 0 Å². The van der Waals surface area contributed by atoms with E-state index in [1.807, 2.05) is 41.3 Å². The van der Waals surface area contributed by atoms with Gasteiger partial charge in [0, 0.05) is 24.5 Å². The molecule has 1 unspecified atom stereocenters. The van der Waals surface area contributed by atoms with Crippen LogP contribution < -0.4 is 9.80 Å². The van der Waals surface area contributed by atoms with Crippen molar-refractivity contribution >= 4 is 17.8 Å². The number of piperidine rings is 1. The van der Waals surface area contributed by atoms with Crippen LogP contribution in [0.5, 0.6) is 0 Å². The SMILES string of the molecule is O=CN(c1ccccc1)C(c1ccccc1)C1CCN(c2ccccc2)CC1. The number of carbonyl (C=O) groups is 1. The zero-order valence-corrected chi connectivity index (χ0v) is 16.0. The van der Waals surface area contributed by atoms with E-state index in [2.05, 4.69) is 59.5 Å². The number of benzene rings is 3. The van der Waals surface area contributed by atoms with E-state index in [-0.39, 0.29) is 6.04 Å². The van der Waals surface area contributed by atoms with Gasteiger partial charge in [0.1, 0.15) is 0 Å². The summed E-state index contributed by atoms with van der Waals surface area (Å²) in [4.78, 5) is 16.5. The lowest BCUT2D eigenvalue weighted by atomic mass is 9.84. The van der Waals surface area contributed by atoms with E-state index in [9.17, 15) is 4.79 Å². The van der Waals surface area contributed by atoms with E-state index in [1.165, 1.54) is 11.3 Å². The Morgan fingerprint density at radius 3 is 1.89 bits per heavy atom. The minimum Gasteiger partial charge on any atom is -0.372 e. The van der Waals surface area contributed by atoms with E-state index >= 15 is 0 Å². The highest BCUT2D eigenvalue weighted by atomic mass is 16.1. The molecule has 1 aliphatic rings. The van der Waals surface area contributed by atoms with E-state index < -0.39 is 0 Å². The van der Waals surface area contributed by atoms with Crippen molar-refractivity contribution in [3.63, 3.8) is 0 Å². The Kier molecular flexibility index (Phi) is 5.72. The summed E-state index contributed by atoms with van der Waals surface area (Å²) in [7, 11) is 0. The molecule has 0 N–H and O–H groups in total. The summed E-state index contributed by atoms with van der Waals surface area (Å²) < 4.78 is 0. The lowest BCUT2D eigenvalue weighted by Gasteiger charge is -2.41. The van der Waals surface area contributed by atoms with Crippen molar-refractivity contribution in [3.8, 4) is 0 Å². The fourth-order valence-corrected chi connectivity index (χ4v) is 4.31. The van der Waals surface area contributed by atoms with Crippen molar-refractivity contribution in [1.29, 1.82) is 0 Å². The summed E-state index contributed by atoms with van der Waals surface area (Å²) in [6.45, 7) is 2.03. The van der Waals surface area contributed by atoms with Crippen LogP contribution in [0.3, 0.4) is 0 Å². The van der Waals surface area contributed by atoms with Gasteiger partial charge in [0.2, 0.25) is 6.41 Å². The molecule has 28 heavy (non-hydrogen) atoms. The standard InChI is InChI=1S/C25H26N2O/c28-20-27(24-14-8-3-9-15-24)25(21-10-4-1-5-11-21)22-16-18-26(19-17-22)23-12-6-2-7-13-23/h1-15,20,22,25H,16-19H2. The normalized spacial score (nSPS) is 15.8. The first-order chi connectivity index (χ1) is 13.9. The molecule has 1 aliphatic heterocycles. The van der Waals surface area contributed by atoms with Gasteiger partial charge in [-0.15, -0.1) is 0 Å². The van der Waals surface area contributed by atoms with E-state index in [1.54, 1.807) is 0 Å². The number of carbonyl (C=O) groups excluding carboxylic acids is 1. The molecular formula is C25H26N2O. The molecule has 1 heterocycles. The van der Waals surface area contributed by atoms with Gasteiger partial charge in [0.15, 0.2) is 0 Å². The van der Waals surface area contributed by atoms with Gasteiger partial charge in [-0.3, -0.25) is 4.79 Å². The third-order valence-electron chi connectivity index (χ3n) is 5.72. The average Bonchev–Trinajstić information content (AvgIpc) is 2.79. The fraction of sp³-hybridized carbons (Fsp3) is 0.240. The molecule has 3 nitrogen and oxygen atoms in total. The lowest BCUT2D eigenvalue weighted by molar-refractivity contribution is -0.108. The number of hydrogen-bond donors (Lipinski definition) is 0. The number of nitrogens with zero attached hydrogens (tertiary/aromatic N) is 2. The second-order valence-corrected chi connectivity index (χ2v) is 7.36. The Bertz CT molecular complexity index is 859. The molecule has 3 aromatic rings. The van der Waals surface area contributed by atoms with Crippen molar-refractivity contribution < 1.29 is 4.79 Å². The van der Waals surface area contributed by atoms with Crippen molar-refractivity contribution in [1.82, 2.24) is 0 Å². The first kappa shape index (κ1) is 18.3. The van der Waals surface area contributed by atoms with Gasteiger partial charge in [-0.2, -0.15) is 0 Å². The fourth-order valence-electron chi connectivity index (χ4n) is 4.31. The van der Waals surface area contributed by atoms with Crippen molar-refractivity contribution in [2.24, 2.45) is 5.92 Å². The summed E-state index contributed by atoms with van der Waals surface area (Å²) >= 11 is 0. The third kappa shape index (κ3) is 3.94. The van der Waals surface area contributed by atoms with Crippen LogP contribution in [-0.4, -0.2) is 19.5 Å². The highest BCUT2D eigenvalue weighted by molar-refractivity contribution is 5.76. The summed E-state index contributed by atoms with van der Waals surface area (Å²) in [5.41, 5.74) is 3.45. The Balaban J connectivity index is 1.59. The number of hydrogen-bond acceptors (Lipinski definition) is 2. The molecule has 0 aliphatic carbocycles. The summed E-state index contributed by atoms with van der Waals surface area (Å²) in [6, 6.07) is 31.1. The smallest absolute Gasteiger partial charge is 0.214 e. The molecular weight excluding hydrogens is 344 g/mol. The van der Waals surface area contributed by atoms with Crippen LogP contribution in [0.1, 0.15) is 24.4 Å². The summed E-state index contributed by atoms with van der Waals surface area (Å²) in [6.07, 6.45) is 3.12. The Morgan fingerprint density at radius 2 is 1.32 bits per heavy atom. The maximum absolute atomic E-state index is 12.2. The summed E-state index contributed by atoms with van der Waals surface area (Å²) in [5.74, 6) is 0.424. The lowest BCUT2D eigenvalue weighted by Crippen LogP contribution is -2.40. The maximum Gasteiger partial charge on any atom is 0.214 e. The molecule has 142 valence electrons. The first-order valence-corrected chi connectivity index (χ1v) is 10.0. The minimum atomic E-state index is 0.0547. The molecule has 0 spiro atoms. The van der Waals surface area contributed by atoms with E-state index in [4.69, 9.17) is 0 Å². The number of para-hydroxylation sites is 2. The van der Waals surface area contributed by atoms with E-state index in [0.717, 1.165) is 38.0 Å². The molecule has 3 aromatic carbocycles. The third-order valence-corrected chi connectivity index (χ3v) is 5.72. The highest BCUT2D eigenvalue weighted by Crippen LogP contribution is 2.38. The summed E-state index contributed by atoms with van der Waals surface area (Å²) in [5, 5.41) is 0. The molecule has 1 atom stereocenters. The van der Waals surface area contributed by atoms with Crippen LogP contribution in [0.4, 0.5) is 11.4 Å². The molecule has 1 saturated heterocycles. The number of amides is 1.